The van der Waals surface area contributed by atoms with Gasteiger partial charge in [-0.05, 0) is 24.6 Å². The van der Waals surface area contributed by atoms with Crippen molar-refractivity contribution >= 4 is 11.8 Å². The molecule has 3 rings (SSSR count). The van der Waals surface area contributed by atoms with Crippen molar-refractivity contribution in [1.29, 1.82) is 0 Å². The van der Waals surface area contributed by atoms with E-state index < -0.39 is 5.97 Å². The molecule has 0 unspecified atom stereocenters. The van der Waals surface area contributed by atoms with Crippen LogP contribution < -0.4 is 5.32 Å². The van der Waals surface area contributed by atoms with Crippen LogP contribution in [0, 0.1) is 5.92 Å². The highest BCUT2D eigenvalue weighted by molar-refractivity contribution is 5.85. The molecule has 7 nitrogen and oxygen atoms in total. The highest BCUT2D eigenvalue weighted by Gasteiger charge is 2.31. The zero-order valence-electron chi connectivity index (χ0n) is 12.3. The molecule has 22 heavy (non-hydrogen) atoms. The normalized spacial score (nSPS) is 21.0. The molecule has 1 fully saturated rings. The maximum atomic E-state index is 10.9. The molecule has 3 heterocycles. The molecule has 7 heteroatoms. The average Bonchev–Trinajstić information content (AvgIpc) is 3.13. The summed E-state index contributed by atoms with van der Waals surface area (Å²) in [5, 5.41) is 16.4. The predicted molar refractivity (Wildman–Crippen MR) is 79.7 cm³/mol. The Morgan fingerprint density at radius 2 is 2.36 bits per heavy atom. The molecule has 0 spiro atoms. The van der Waals surface area contributed by atoms with E-state index in [2.05, 4.69) is 15.4 Å². The molecular weight excluding hydrogens is 284 g/mol. The molecule has 0 radical (unpaired) electrons. The van der Waals surface area contributed by atoms with Crippen LogP contribution in [0.4, 0.5) is 5.82 Å². The van der Waals surface area contributed by atoms with Crippen LogP contribution in [0.25, 0.3) is 0 Å². The molecule has 2 aromatic heterocycles. The molecule has 0 bridgehead atoms. The molecule has 0 amide bonds. The Morgan fingerprint density at radius 1 is 1.50 bits per heavy atom. The molecule has 2 atom stereocenters. The summed E-state index contributed by atoms with van der Waals surface area (Å²) in [6.45, 7) is 1.39. The minimum absolute atomic E-state index is 0.00246. The van der Waals surface area contributed by atoms with Crippen molar-refractivity contribution in [3.8, 4) is 0 Å². The SMILES string of the molecule is Cn1nccc1[C@@H]1OCC[C@H]1CNc1cccc(C(=O)O)n1. The zero-order chi connectivity index (χ0) is 15.5. The van der Waals surface area contributed by atoms with E-state index in [0.29, 0.717) is 24.9 Å². The molecular formula is C15H18N4O3. The maximum Gasteiger partial charge on any atom is 0.354 e. The number of nitrogens with one attached hydrogen (secondary N) is 1. The van der Waals surface area contributed by atoms with Gasteiger partial charge in [-0.25, -0.2) is 9.78 Å². The molecule has 2 N–H and O–H groups in total. The smallest absolute Gasteiger partial charge is 0.354 e. The van der Waals surface area contributed by atoms with Gasteiger partial charge in [-0.3, -0.25) is 4.68 Å². The van der Waals surface area contributed by atoms with Crippen LogP contribution in [-0.4, -0.2) is 39.0 Å². The molecule has 1 aliphatic heterocycles. The highest BCUT2D eigenvalue weighted by atomic mass is 16.5. The van der Waals surface area contributed by atoms with Gasteiger partial charge in [0.1, 0.15) is 11.9 Å². The maximum absolute atomic E-state index is 10.9. The van der Waals surface area contributed by atoms with Crippen LogP contribution in [0.2, 0.25) is 0 Å². The first-order valence-corrected chi connectivity index (χ1v) is 7.19. The van der Waals surface area contributed by atoms with Crippen LogP contribution >= 0.6 is 0 Å². The first-order valence-electron chi connectivity index (χ1n) is 7.19. The number of carboxylic acid groups (broad SMARTS) is 1. The van der Waals surface area contributed by atoms with Gasteiger partial charge in [-0.2, -0.15) is 5.10 Å². The van der Waals surface area contributed by atoms with Crippen LogP contribution in [0.15, 0.2) is 30.5 Å². The van der Waals surface area contributed by atoms with Crippen LogP contribution in [0.1, 0.15) is 28.7 Å². The Hall–Kier alpha value is -2.41. The number of carbonyl (C=O) groups is 1. The predicted octanol–water partition coefficient (Wildman–Crippen LogP) is 1.70. The van der Waals surface area contributed by atoms with Crippen molar-refractivity contribution in [1.82, 2.24) is 14.8 Å². The quantitative estimate of drug-likeness (QED) is 0.874. The fourth-order valence-corrected chi connectivity index (χ4v) is 2.72. The number of nitrogens with zero attached hydrogens (tertiary/aromatic N) is 3. The van der Waals surface area contributed by atoms with Crippen molar-refractivity contribution in [3.63, 3.8) is 0 Å². The molecule has 0 aliphatic carbocycles. The van der Waals surface area contributed by atoms with Gasteiger partial charge in [0, 0.05) is 32.3 Å². The summed E-state index contributed by atoms with van der Waals surface area (Å²) in [5.41, 5.74) is 1.09. The molecule has 0 saturated carbocycles. The summed E-state index contributed by atoms with van der Waals surface area (Å²) in [6.07, 6.45) is 2.71. The molecule has 2 aromatic rings. The van der Waals surface area contributed by atoms with Crippen molar-refractivity contribution < 1.29 is 14.6 Å². The number of ether oxygens (including phenoxy) is 1. The second kappa shape index (κ2) is 6.15. The summed E-state index contributed by atoms with van der Waals surface area (Å²) in [5.74, 6) is -0.165. The van der Waals surface area contributed by atoms with Gasteiger partial charge < -0.3 is 15.2 Å². The summed E-state index contributed by atoms with van der Waals surface area (Å²) >= 11 is 0. The van der Waals surface area contributed by atoms with Crippen LogP contribution in [-0.2, 0) is 11.8 Å². The van der Waals surface area contributed by atoms with Crippen molar-refractivity contribution in [2.24, 2.45) is 13.0 Å². The third-order valence-corrected chi connectivity index (χ3v) is 3.88. The first kappa shape index (κ1) is 14.5. The van der Waals surface area contributed by atoms with E-state index in [1.54, 1.807) is 18.3 Å². The van der Waals surface area contributed by atoms with Crippen LogP contribution in [0.5, 0.6) is 0 Å². The Kier molecular flexibility index (Phi) is 4.06. The molecule has 0 aromatic carbocycles. The minimum Gasteiger partial charge on any atom is -0.477 e. The van der Waals surface area contributed by atoms with E-state index in [9.17, 15) is 4.79 Å². The molecule has 1 aliphatic rings. The third-order valence-electron chi connectivity index (χ3n) is 3.88. The third kappa shape index (κ3) is 2.94. The number of aromatic carboxylic acids is 1. The largest absolute Gasteiger partial charge is 0.477 e. The fraction of sp³-hybridized carbons (Fsp3) is 0.400. The van der Waals surface area contributed by atoms with Gasteiger partial charge in [-0.15, -0.1) is 0 Å². The Bertz CT molecular complexity index is 670. The van der Waals surface area contributed by atoms with Gasteiger partial charge in [0.25, 0.3) is 0 Å². The number of rotatable bonds is 5. The molecule has 1 saturated heterocycles. The summed E-state index contributed by atoms with van der Waals surface area (Å²) in [7, 11) is 1.90. The van der Waals surface area contributed by atoms with E-state index in [1.807, 2.05) is 17.8 Å². The first-order chi connectivity index (χ1) is 10.6. The van der Waals surface area contributed by atoms with E-state index in [0.717, 1.165) is 12.1 Å². The van der Waals surface area contributed by atoms with E-state index >= 15 is 0 Å². The lowest BCUT2D eigenvalue weighted by atomic mass is 9.99. The Labute approximate surface area is 127 Å². The Balaban J connectivity index is 1.67. The number of aryl methyl sites for hydroxylation is 1. The Morgan fingerprint density at radius 3 is 3.09 bits per heavy atom. The number of aromatic nitrogens is 3. The number of anilines is 1. The van der Waals surface area contributed by atoms with Gasteiger partial charge in [0.05, 0.1) is 5.69 Å². The zero-order valence-corrected chi connectivity index (χ0v) is 12.3. The van der Waals surface area contributed by atoms with E-state index in [1.165, 1.54) is 6.07 Å². The lowest BCUT2D eigenvalue weighted by Gasteiger charge is -2.19. The van der Waals surface area contributed by atoms with E-state index in [4.69, 9.17) is 9.84 Å². The van der Waals surface area contributed by atoms with Crippen LogP contribution in [0.3, 0.4) is 0 Å². The second-order valence-corrected chi connectivity index (χ2v) is 5.31. The van der Waals surface area contributed by atoms with Crippen molar-refractivity contribution in [2.75, 3.05) is 18.5 Å². The van der Waals surface area contributed by atoms with Crippen molar-refractivity contribution in [3.05, 3.63) is 41.9 Å². The van der Waals surface area contributed by atoms with Gasteiger partial charge >= 0.3 is 5.97 Å². The van der Waals surface area contributed by atoms with Gasteiger partial charge in [0.15, 0.2) is 5.69 Å². The lowest BCUT2D eigenvalue weighted by Crippen LogP contribution is -2.20. The standard InChI is InChI=1S/C15H18N4O3/c1-19-12(5-7-17-19)14-10(6-8-22-14)9-16-13-4-2-3-11(18-13)15(20)21/h2-5,7,10,14H,6,8-9H2,1H3,(H,16,18)(H,20,21)/t10-,14+/m0/s1. The average molecular weight is 302 g/mol. The number of hydrogen-bond donors (Lipinski definition) is 2. The summed E-state index contributed by atoms with van der Waals surface area (Å²) < 4.78 is 7.65. The number of carboxylic acids is 1. The fourth-order valence-electron chi connectivity index (χ4n) is 2.72. The molecule has 116 valence electrons. The van der Waals surface area contributed by atoms with Crippen molar-refractivity contribution in [2.45, 2.75) is 12.5 Å². The summed E-state index contributed by atoms with van der Waals surface area (Å²) in [6, 6.07) is 6.89. The minimum atomic E-state index is -1.03. The second-order valence-electron chi connectivity index (χ2n) is 5.31. The van der Waals surface area contributed by atoms with E-state index in [-0.39, 0.29) is 11.8 Å². The topological polar surface area (TPSA) is 89.3 Å². The number of pyridine rings is 1. The van der Waals surface area contributed by atoms with Gasteiger partial charge in [0.2, 0.25) is 0 Å². The highest BCUT2D eigenvalue weighted by Crippen LogP contribution is 2.34. The lowest BCUT2D eigenvalue weighted by molar-refractivity contribution is 0.0690. The van der Waals surface area contributed by atoms with Gasteiger partial charge in [-0.1, -0.05) is 6.07 Å². The number of hydrogen-bond acceptors (Lipinski definition) is 5. The summed E-state index contributed by atoms with van der Waals surface area (Å²) in [4.78, 5) is 15.0. The monoisotopic (exact) mass is 302 g/mol.